The number of hydrogen-bond acceptors (Lipinski definition) is 5. The SMILES string of the molecule is CC(C)(C)NC(=O)NC(=O)CSc1n[nH]c(CC2CCCC2)n1. The molecule has 0 radical (unpaired) electrons. The first kappa shape index (κ1) is 17.8. The van der Waals surface area contributed by atoms with Crippen LogP contribution in [-0.4, -0.2) is 38.4 Å². The van der Waals surface area contributed by atoms with E-state index in [-0.39, 0.29) is 17.2 Å². The predicted octanol–water partition coefficient (Wildman–Crippen LogP) is 2.25. The number of imide groups is 1. The topological polar surface area (TPSA) is 99.8 Å². The summed E-state index contributed by atoms with van der Waals surface area (Å²) < 4.78 is 0. The van der Waals surface area contributed by atoms with Crippen molar-refractivity contribution in [2.45, 2.75) is 63.6 Å². The summed E-state index contributed by atoms with van der Waals surface area (Å²) >= 11 is 1.22. The number of hydrogen-bond donors (Lipinski definition) is 3. The highest BCUT2D eigenvalue weighted by atomic mass is 32.2. The highest BCUT2D eigenvalue weighted by molar-refractivity contribution is 7.99. The minimum Gasteiger partial charge on any atom is -0.333 e. The number of carbonyl (C=O) groups is 2. The number of amides is 3. The molecule has 23 heavy (non-hydrogen) atoms. The fourth-order valence-corrected chi connectivity index (χ4v) is 3.20. The fourth-order valence-electron chi connectivity index (χ4n) is 2.59. The Balaban J connectivity index is 1.71. The molecule has 2 rings (SSSR count). The fraction of sp³-hybridized carbons (Fsp3) is 0.733. The third-order valence-corrected chi connectivity index (χ3v) is 4.39. The van der Waals surface area contributed by atoms with Crippen molar-refractivity contribution in [1.82, 2.24) is 25.8 Å². The maximum Gasteiger partial charge on any atom is 0.321 e. The second-order valence-electron chi connectivity index (χ2n) is 6.96. The molecule has 3 N–H and O–H groups in total. The molecule has 1 aromatic rings. The van der Waals surface area contributed by atoms with Crippen LogP contribution in [-0.2, 0) is 11.2 Å². The standard InChI is InChI=1S/C15H25N5O2S/c1-15(2,3)18-13(22)17-12(21)9-23-14-16-11(19-20-14)8-10-6-4-5-7-10/h10H,4-9H2,1-3H3,(H,16,19,20)(H2,17,18,21,22). The van der Waals surface area contributed by atoms with Crippen LogP contribution in [0.1, 0.15) is 52.3 Å². The Labute approximate surface area is 140 Å². The maximum atomic E-state index is 11.7. The summed E-state index contributed by atoms with van der Waals surface area (Å²) in [6.07, 6.45) is 6.05. The van der Waals surface area contributed by atoms with Crippen LogP contribution in [0.25, 0.3) is 0 Å². The van der Waals surface area contributed by atoms with E-state index in [1.807, 2.05) is 20.8 Å². The first-order valence-corrected chi connectivity index (χ1v) is 8.96. The highest BCUT2D eigenvalue weighted by Crippen LogP contribution is 2.27. The van der Waals surface area contributed by atoms with Gasteiger partial charge in [-0.05, 0) is 26.7 Å². The Kier molecular flexibility index (Phi) is 6.04. The Bertz CT molecular complexity index is 546. The van der Waals surface area contributed by atoms with Gasteiger partial charge in [0.2, 0.25) is 11.1 Å². The number of carbonyl (C=O) groups excluding carboxylic acids is 2. The van der Waals surface area contributed by atoms with E-state index in [0.29, 0.717) is 11.1 Å². The summed E-state index contributed by atoms with van der Waals surface area (Å²) in [4.78, 5) is 27.7. The molecule has 1 fully saturated rings. The van der Waals surface area contributed by atoms with Gasteiger partial charge in [-0.25, -0.2) is 9.78 Å². The smallest absolute Gasteiger partial charge is 0.321 e. The van der Waals surface area contributed by atoms with Gasteiger partial charge < -0.3 is 5.32 Å². The summed E-state index contributed by atoms with van der Waals surface area (Å²) in [5.41, 5.74) is -0.379. The van der Waals surface area contributed by atoms with E-state index in [1.54, 1.807) is 0 Å². The van der Waals surface area contributed by atoms with Crippen molar-refractivity contribution in [3.63, 3.8) is 0 Å². The van der Waals surface area contributed by atoms with Crippen molar-refractivity contribution in [3.05, 3.63) is 5.82 Å². The number of aromatic amines is 1. The van der Waals surface area contributed by atoms with Crippen LogP contribution in [0.15, 0.2) is 5.16 Å². The Hall–Kier alpha value is -1.57. The van der Waals surface area contributed by atoms with Gasteiger partial charge in [-0.15, -0.1) is 5.10 Å². The number of rotatable bonds is 5. The lowest BCUT2D eigenvalue weighted by molar-refractivity contribution is -0.117. The van der Waals surface area contributed by atoms with E-state index in [1.165, 1.54) is 37.4 Å². The van der Waals surface area contributed by atoms with Gasteiger partial charge in [-0.3, -0.25) is 15.2 Å². The zero-order valence-corrected chi connectivity index (χ0v) is 14.8. The Morgan fingerprint density at radius 3 is 2.65 bits per heavy atom. The van der Waals surface area contributed by atoms with E-state index in [9.17, 15) is 9.59 Å². The van der Waals surface area contributed by atoms with Gasteiger partial charge in [0.05, 0.1) is 5.75 Å². The Morgan fingerprint density at radius 2 is 2.00 bits per heavy atom. The monoisotopic (exact) mass is 339 g/mol. The van der Waals surface area contributed by atoms with Crippen molar-refractivity contribution in [2.24, 2.45) is 5.92 Å². The molecule has 0 unspecified atom stereocenters. The van der Waals surface area contributed by atoms with Crippen molar-refractivity contribution in [2.75, 3.05) is 5.75 Å². The van der Waals surface area contributed by atoms with Gasteiger partial charge in [0.25, 0.3) is 0 Å². The zero-order valence-electron chi connectivity index (χ0n) is 13.9. The molecule has 0 aromatic carbocycles. The molecule has 0 spiro atoms. The minimum atomic E-state index is -0.486. The molecule has 1 aliphatic carbocycles. The molecular formula is C15H25N5O2S. The number of nitrogens with one attached hydrogen (secondary N) is 3. The van der Waals surface area contributed by atoms with Gasteiger partial charge in [0.15, 0.2) is 0 Å². The van der Waals surface area contributed by atoms with Gasteiger partial charge in [0.1, 0.15) is 5.82 Å². The molecule has 0 bridgehead atoms. The summed E-state index contributed by atoms with van der Waals surface area (Å²) in [6, 6.07) is -0.486. The molecule has 0 saturated heterocycles. The van der Waals surface area contributed by atoms with E-state index in [4.69, 9.17) is 0 Å². The average Bonchev–Trinajstić information content (AvgIpc) is 3.06. The molecule has 1 aromatic heterocycles. The first-order valence-electron chi connectivity index (χ1n) is 7.98. The van der Waals surface area contributed by atoms with Crippen LogP contribution in [0.2, 0.25) is 0 Å². The molecule has 1 saturated carbocycles. The van der Waals surface area contributed by atoms with Crippen molar-refractivity contribution in [3.8, 4) is 0 Å². The summed E-state index contributed by atoms with van der Waals surface area (Å²) in [6.45, 7) is 5.56. The van der Waals surface area contributed by atoms with E-state index in [2.05, 4.69) is 25.8 Å². The van der Waals surface area contributed by atoms with E-state index >= 15 is 0 Å². The minimum absolute atomic E-state index is 0.109. The van der Waals surface area contributed by atoms with Crippen LogP contribution in [0, 0.1) is 5.92 Å². The second kappa shape index (κ2) is 7.81. The van der Waals surface area contributed by atoms with Gasteiger partial charge >= 0.3 is 6.03 Å². The van der Waals surface area contributed by atoms with Crippen molar-refractivity contribution >= 4 is 23.7 Å². The van der Waals surface area contributed by atoms with Crippen LogP contribution >= 0.6 is 11.8 Å². The average molecular weight is 339 g/mol. The number of aromatic nitrogens is 3. The lowest BCUT2D eigenvalue weighted by atomic mass is 10.0. The lowest BCUT2D eigenvalue weighted by Gasteiger charge is -2.20. The van der Waals surface area contributed by atoms with Crippen LogP contribution in [0.3, 0.4) is 0 Å². The number of thioether (sulfide) groups is 1. The summed E-state index contributed by atoms with van der Waals surface area (Å²) in [5.74, 6) is 1.33. The van der Waals surface area contributed by atoms with Crippen LogP contribution in [0.4, 0.5) is 4.79 Å². The van der Waals surface area contributed by atoms with Gasteiger partial charge in [-0.1, -0.05) is 37.4 Å². The van der Waals surface area contributed by atoms with Gasteiger partial charge in [0, 0.05) is 12.0 Å². The molecular weight excluding hydrogens is 314 g/mol. The molecule has 8 heteroatoms. The summed E-state index contributed by atoms with van der Waals surface area (Å²) in [5, 5.41) is 12.6. The largest absolute Gasteiger partial charge is 0.333 e. The molecule has 1 aliphatic rings. The van der Waals surface area contributed by atoms with Crippen molar-refractivity contribution < 1.29 is 9.59 Å². The normalized spacial score (nSPS) is 15.6. The predicted molar refractivity (Wildman–Crippen MR) is 89.2 cm³/mol. The highest BCUT2D eigenvalue weighted by Gasteiger charge is 2.18. The maximum absolute atomic E-state index is 11.7. The number of urea groups is 1. The van der Waals surface area contributed by atoms with Crippen molar-refractivity contribution in [1.29, 1.82) is 0 Å². The molecule has 1 heterocycles. The molecule has 0 atom stereocenters. The zero-order chi connectivity index (χ0) is 16.9. The Morgan fingerprint density at radius 1 is 1.30 bits per heavy atom. The third-order valence-electron chi connectivity index (χ3n) is 3.54. The van der Waals surface area contributed by atoms with Crippen LogP contribution < -0.4 is 10.6 Å². The molecule has 3 amide bonds. The molecule has 7 nitrogen and oxygen atoms in total. The lowest BCUT2D eigenvalue weighted by Crippen LogP contribution is -2.48. The molecule has 128 valence electrons. The first-order chi connectivity index (χ1) is 10.8. The second-order valence-corrected chi connectivity index (χ2v) is 7.90. The number of nitrogens with zero attached hydrogens (tertiary/aromatic N) is 2. The van der Waals surface area contributed by atoms with E-state index in [0.717, 1.165) is 12.2 Å². The van der Waals surface area contributed by atoms with E-state index < -0.39 is 6.03 Å². The molecule has 0 aliphatic heterocycles. The van der Waals surface area contributed by atoms with Gasteiger partial charge in [-0.2, -0.15) is 0 Å². The van der Waals surface area contributed by atoms with Crippen LogP contribution in [0.5, 0.6) is 0 Å². The third kappa shape index (κ3) is 6.60. The number of H-pyrrole nitrogens is 1. The quantitative estimate of drug-likeness (QED) is 0.715. The summed E-state index contributed by atoms with van der Waals surface area (Å²) in [7, 11) is 0.